The Labute approximate surface area is 90.2 Å². The van der Waals surface area contributed by atoms with Crippen molar-refractivity contribution in [2.24, 2.45) is 5.41 Å². The molecular weight excluding hydrogens is 202 g/mol. The largest absolute Gasteiger partial charge is 0.478 e. The number of rotatable bonds is 2. The van der Waals surface area contributed by atoms with Crippen molar-refractivity contribution in [1.82, 2.24) is 4.90 Å². The molecule has 0 amide bonds. The number of hydrogen-bond acceptors (Lipinski definition) is 2. The van der Waals surface area contributed by atoms with Crippen molar-refractivity contribution in [3.8, 4) is 0 Å². The molecular formula is C10H16ClNO2. The van der Waals surface area contributed by atoms with Gasteiger partial charge in [0, 0.05) is 6.08 Å². The summed E-state index contributed by atoms with van der Waals surface area (Å²) in [4.78, 5) is 12.9. The Hall–Kier alpha value is -0.540. The Morgan fingerprint density at radius 1 is 1.21 bits per heavy atom. The van der Waals surface area contributed by atoms with Crippen LogP contribution in [0, 0.1) is 5.41 Å². The molecule has 3 saturated heterocycles. The van der Waals surface area contributed by atoms with E-state index in [0.29, 0.717) is 0 Å². The van der Waals surface area contributed by atoms with Gasteiger partial charge in [-0.1, -0.05) is 6.08 Å². The normalized spacial score (nSPS) is 35.6. The third-order valence-corrected chi connectivity index (χ3v) is 3.36. The summed E-state index contributed by atoms with van der Waals surface area (Å²) in [7, 11) is 0. The highest BCUT2D eigenvalue weighted by Gasteiger charge is 2.37. The van der Waals surface area contributed by atoms with E-state index < -0.39 is 5.97 Å². The first-order chi connectivity index (χ1) is 6.20. The van der Waals surface area contributed by atoms with Crippen LogP contribution in [0.3, 0.4) is 0 Å². The zero-order chi connectivity index (χ0) is 9.31. The lowest BCUT2D eigenvalue weighted by Crippen LogP contribution is -2.47. The first kappa shape index (κ1) is 11.5. The Bertz CT molecular complexity index is 231. The minimum absolute atomic E-state index is 0. The third-order valence-electron chi connectivity index (χ3n) is 3.36. The van der Waals surface area contributed by atoms with E-state index in [9.17, 15) is 4.79 Å². The third kappa shape index (κ3) is 2.28. The van der Waals surface area contributed by atoms with Crippen LogP contribution in [0.25, 0.3) is 0 Å². The van der Waals surface area contributed by atoms with Gasteiger partial charge in [0.1, 0.15) is 0 Å². The van der Waals surface area contributed by atoms with Crippen molar-refractivity contribution in [3.05, 3.63) is 12.2 Å². The SMILES string of the molecule is Cl.O=C(O)/C=C/C12CCN(CC1)CC2. The molecule has 0 aromatic rings. The maximum atomic E-state index is 10.4. The summed E-state index contributed by atoms with van der Waals surface area (Å²) in [5, 5.41) is 8.57. The van der Waals surface area contributed by atoms with Crippen LogP contribution in [0.1, 0.15) is 19.3 Å². The molecule has 80 valence electrons. The topological polar surface area (TPSA) is 40.5 Å². The molecule has 0 aromatic heterocycles. The maximum Gasteiger partial charge on any atom is 0.327 e. The molecule has 3 rings (SSSR count). The van der Waals surface area contributed by atoms with Crippen LogP contribution < -0.4 is 0 Å². The van der Waals surface area contributed by atoms with Crippen LogP contribution in [0.5, 0.6) is 0 Å². The lowest BCUT2D eigenvalue weighted by Gasteiger charge is -2.46. The molecule has 0 aliphatic carbocycles. The first-order valence-corrected chi connectivity index (χ1v) is 4.85. The Balaban J connectivity index is 0.000000980. The lowest BCUT2D eigenvalue weighted by molar-refractivity contribution is -0.131. The van der Waals surface area contributed by atoms with Crippen molar-refractivity contribution < 1.29 is 9.90 Å². The van der Waals surface area contributed by atoms with Gasteiger partial charge >= 0.3 is 5.97 Å². The van der Waals surface area contributed by atoms with E-state index in [0.717, 1.165) is 38.9 Å². The van der Waals surface area contributed by atoms with Gasteiger partial charge in [-0.25, -0.2) is 4.79 Å². The van der Waals surface area contributed by atoms with E-state index in [4.69, 9.17) is 5.11 Å². The van der Waals surface area contributed by atoms with E-state index in [-0.39, 0.29) is 17.8 Å². The Morgan fingerprint density at radius 2 is 1.71 bits per heavy atom. The number of piperidine rings is 3. The smallest absolute Gasteiger partial charge is 0.327 e. The second-order valence-electron chi connectivity index (χ2n) is 4.13. The van der Waals surface area contributed by atoms with Crippen LogP contribution in [0.15, 0.2) is 12.2 Å². The van der Waals surface area contributed by atoms with Crippen molar-refractivity contribution >= 4 is 18.4 Å². The van der Waals surface area contributed by atoms with Gasteiger partial charge in [0.25, 0.3) is 0 Å². The standard InChI is InChI=1S/C10H15NO2.ClH/c12-9(13)1-2-10-3-6-11(7-4-10)8-5-10;/h1-2H,3-8H2,(H,12,13);1H/b2-1+;. The summed E-state index contributed by atoms with van der Waals surface area (Å²) in [6, 6.07) is 0. The minimum atomic E-state index is -0.817. The zero-order valence-electron chi connectivity index (χ0n) is 8.11. The highest BCUT2D eigenvalue weighted by molar-refractivity contribution is 5.85. The van der Waals surface area contributed by atoms with Gasteiger partial charge in [-0.2, -0.15) is 0 Å². The number of allylic oxidation sites excluding steroid dienone is 1. The fourth-order valence-electron chi connectivity index (χ4n) is 2.35. The summed E-state index contributed by atoms with van der Waals surface area (Å²) in [6.45, 7) is 3.43. The van der Waals surface area contributed by atoms with Crippen LogP contribution in [0.2, 0.25) is 0 Å². The van der Waals surface area contributed by atoms with Gasteiger partial charge in [0.2, 0.25) is 0 Å². The van der Waals surface area contributed by atoms with Gasteiger partial charge in [-0.05, 0) is 44.3 Å². The van der Waals surface area contributed by atoms with Crippen LogP contribution in [-0.2, 0) is 4.79 Å². The zero-order valence-corrected chi connectivity index (χ0v) is 8.92. The second-order valence-corrected chi connectivity index (χ2v) is 4.13. The van der Waals surface area contributed by atoms with Gasteiger partial charge in [0.05, 0.1) is 0 Å². The number of carbonyl (C=O) groups is 1. The van der Waals surface area contributed by atoms with Crippen LogP contribution >= 0.6 is 12.4 Å². The Kier molecular flexibility index (Phi) is 3.56. The molecule has 1 N–H and O–H groups in total. The van der Waals surface area contributed by atoms with Crippen molar-refractivity contribution in [2.45, 2.75) is 19.3 Å². The minimum Gasteiger partial charge on any atom is -0.478 e. The van der Waals surface area contributed by atoms with Gasteiger partial charge in [-0.3, -0.25) is 0 Å². The van der Waals surface area contributed by atoms with E-state index >= 15 is 0 Å². The second kappa shape index (κ2) is 4.32. The van der Waals surface area contributed by atoms with E-state index in [1.165, 1.54) is 6.08 Å². The molecule has 0 radical (unpaired) electrons. The van der Waals surface area contributed by atoms with Gasteiger partial charge in [0.15, 0.2) is 0 Å². The molecule has 0 saturated carbocycles. The molecule has 0 aromatic carbocycles. The van der Waals surface area contributed by atoms with Crippen molar-refractivity contribution in [1.29, 1.82) is 0 Å². The quantitative estimate of drug-likeness (QED) is 0.714. The number of aliphatic carboxylic acids is 1. The molecule has 2 bridgehead atoms. The Morgan fingerprint density at radius 3 is 2.14 bits per heavy atom. The number of carboxylic acid groups (broad SMARTS) is 1. The molecule has 3 aliphatic heterocycles. The first-order valence-electron chi connectivity index (χ1n) is 4.85. The number of halogens is 1. The molecule has 3 aliphatic rings. The van der Waals surface area contributed by atoms with E-state index in [1.807, 2.05) is 6.08 Å². The predicted molar refractivity (Wildman–Crippen MR) is 56.7 cm³/mol. The van der Waals surface area contributed by atoms with Crippen molar-refractivity contribution in [3.63, 3.8) is 0 Å². The molecule has 4 heteroatoms. The average Bonchev–Trinajstić information content (AvgIpc) is 2.18. The summed E-state index contributed by atoms with van der Waals surface area (Å²) < 4.78 is 0. The van der Waals surface area contributed by atoms with E-state index in [2.05, 4.69) is 4.90 Å². The fourth-order valence-corrected chi connectivity index (χ4v) is 2.35. The molecule has 0 spiro atoms. The summed E-state index contributed by atoms with van der Waals surface area (Å²) in [5.41, 5.74) is 0.215. The summed E-state index contributed by atoms with van der Waals surface area (Å²) >= 11 is 0. The van der Waals surface area contributed by atoms with Crippen LogP contribution in [-0.4, -0.2) is 35.6 Å². The highest BCUT2D eigenvalue weighted by atomic mass is 35.5. The van der Waals surface area contributed by atoms with E-state index in [1.54, 1.807) is 0 Å². The van der Waals surface area contributed by atoms with Crippen LogP contribution in [0.4, 0.5) is 0 Å². The molecule has 0 unspecified atom stereocenters. The maximum absolute atomic E-state index is 10.4. The molecule has 3 nitrogen and oxygen atoms in total. The highest BCUT2D eigenvalue weighted by Crippen LogP contribution is 2.41. The predicted octanol–water partition coefficient (Wildman–Crippen LogP) is 1.53. The molecule has 14 heavy (non-hydrogen) atoms. The number of hydrogen-bond donors (Lipinski definition) is 1. The number of carboxylic acids is 1. The number of fused-ring (bicyclic) bond motifs is 3. The number of nitrogens with zero attached hydrogens (tertiary/aromatic N) is 1. The fraction of sp³-hybridized carbons (Fsp3) is 0.700. The molecule has 3 fully saturated rings. The van der Waals surface area contributed by atoms with Gasteiger partial charge < -0.3 is 10.0 Å². The summed E-state index contributed by atoms with van der Waals surface area (Å²) in [5.74, 6) is -0.817. The van der Waals surface area contributed by atoms with Gasteiger partial charge in [-0.15, -0.1) is 12.4 Å². The van der Waals surface area contributed by atoms with Crippen molar-refractivity contribution in [2.75, 3.05) is 19.6 Å². The molecule has 3 heterocycles. The average molecular weight is 218 g/mol. The molecule has 0 atom stereocenters. The summed E-state index contributed by atoms with van der Waals surface area (Å²) in [6.07, 6.45) is 6.65. The monoisotopic (exact) mass is 217 g/mol. The lowest BCUT2D eigenvalue weighted by atomic mass is 9.72.